The highest BCUT2D eigenvalue weighted by molar-refractivity contribution is 5.85. The Labute approximate surface area is 109 Å². The maximum atomic E-state index is 5.98. The zero-order chi connectivity index (χ0) is 13.5. The molecule has 18 heavy (non-hydrogen) atoms. The molecule has 2 nitrogen and oxygen atoms in total. The fourth-order valence-corrected chi connectivity index (χ4v) is 2.30. The van der Waals surface area contributed by atoms with E-state index in [1.807, 2.05) is 7.05 Å². The second-order valence-electron chi connectivity index (χ2n) is 6.10. The van der Waals surface area contributed by atoms with E-state index in [0.717, 1.165) is 17.9 Å². The molecule has 0 aliphatic heterocycles. The molecule has 1 heterocycles. The van der Waals surface area contributed by atoms with Crippen molar-refractivity contribution in [2.75, 3.05) is 7.05 Å². The summed E-state index contributed by atoms with van der Waals surface area (Å²) in [6.45, 7) is 11.8. The molecule has 2 aromatic rings. The standard InChI is InChI=1S/C16H23NO/c1-10-7-12(16(3,4)5)8-13-11(2)14(9-17-6)18-15(10)13/h7-8,17H,9H2,1-6H3. The number of nitrogens with one attached hydrogen (secondary N) is 1. The Kier molecular flexibility index (Phi) is 3.24. The molecule has 0 aliphatic carbocycles. The molecule has 0 bridgehead atoms. The van der Waals surface area contributed by atoms with E-state index in [4.69, 9.17) is 4.42 Å². The monoisotopic (exact) mass is 245 g/mol. The SMILES string of the molecule is CNCc1oc2c(C)cc(C(C)(C)C)cc2c1C. The van der Waals surface area contributed by atoms with Crippen LogP contribution in [0.2, 0.25) is 0 Å². The van der Waals surface area contributed by atoms with Gasteiger partial charge in [0.05, 0.1) is 6.54 Å². The van der Waals surface area contributed by atoms with Crippen LogP contribution in [-0.4, -0.2) is 7.05 Å². The minimum Gasteiger partial charge on any atom is -0.459 e. The third-order valence-electron chi connectivity index (χ3n) is 3.53. The van der Waals surface area contributed by atoms with Crippen LogP contribution in [0.25, 0.3) is 11.0 Å². The Morgan fingerprint density at radius 2 is 1.83 bits per heavy atom. The van der Waals surface area contributed by atoms with Gasteiger partial charge in [0.15, 0.2) is 0 Å². The molecule has 0 atom stereocenters. The first-order valence-corrected chi connectivity index (χ1v) is 6.52. The van der Waals surface area contributed by atoms with Gasteiger partial charge in [-0.15, -0.1) is 0 Å². The van der Waals surface area contributed by atoms with Gasteiger partial charge < -0.3 is 9.73 Å². The topological polar surface area (TPSA) is 25.2 Å². The zero-order valence-corrected chi connectivity index (χ0v) is 12.3. The highest BCUT2D eigenvalue weighted by Gasteiger charge is 2.18. The lowest BCUT2D eigenvalue weighted by Crippen LogP contribution is -2.11. The molecule has 0 saturated heterocycles. The lowest BCUT2D eigenvalue weighted by molar-refractivity contribution is 0.525. The first-order valence-electron chi connectivity index (χ1n) is 6.52. The molecule has 2 rings (SSSR count). The van der Waals surface area contributed by atoms with Gasteiger partial charge in [0.2, 0.25) is 0 Å². The highest BCUT2D eigenvalue weighted by atomic mass is 16.3. The maximum Gasteiger partial charge on any atom is 0.137 e. The molecule has 98 valence electrons. The molecule has 0 fully saturated rings. The Hall–Kier alpha value is -1.28. The molecule has 1 aromatic carbocycles. The van der Waals surface area contributed by atoms with Gasteiger partial charge in [-0.1, -0.05) is 26.8 Å². The van der Waals surface area contributed by atoms with Crippen LogP contribution < -0.4 is 5.32 Å². The average Bonchev–Trinajstić information content (AvgIpc) is 2.57. The van der Waals surface area contributed by atoms with E-state index >= 15 is 0 Å². The second kappa shape index (κ2) is 4.43. The minimum absolute atomic E-state index is 0.172. The Balaban J connectivity index is 2.68. The molecular formula is C16H23NO. The summed E-state index contributed by atoms with van der Waals surface area (Å²) in [5.41, 5.74) is 5.06. The molecular weight excluding hydrogens is 222 g/mol. The van der Waals surface area contributed by atoms with E-state index < -0.39 is 0 Å². The first-order chi connectivity index (χ1) is 8.34. The summed E-state index contributed by atoms with van der Waals surface area (Å²) in [5.74, 6) is 1.04. The fraction of sp³-hybridized carbons (Fsp3) is 0.500. The van der Waals surface area contributed by atoms with E-state index in [0.29, 0.717) is 0 Å². The van der Waals surface area contributed by atoms with Gasteiger partial charge in [0.25, 0.3) is 0 Å². The van der Waals surface area contributed by atoms with Crippen molar-refractivity contribution in [2.24, 2.45) is 0 Å². The Morgan fingerprint density at radius 1 is 1.17 bits per heavy atom. The third kappa shape index (κ3) is 2.17. The van der Waals surface area contributed by atoms with Crippen molar-refractivity contribution in [1.82, 2.24) is 5.32 Å². The van der Waals surface area contributed by atoms with Crippen LogP contribution in [0.15, 0.2) is 16.5 Å². The van der Waals surface area contributed by atoms with Crippen LogP contribution in [-0.2, 0) is 12.0 Å². The van der Waals surface area contributed by atoms with Crippen molar-refractivity contribution in [3.63, 3.8) is 0 Å². The summed E-state index contributed by atoms with van der Waals surface area (Å²) in [7, 11) is 1.94. The van der Waals surface area contributed by atoms with Crippen LogP contribution in [0.4, 0.5) is 0 Å². The molecule has 0 unspecified atom stereocenters. The van der Waals surface area contributed by atoms with Crippen LogP contribution in [0.3, 0.4) is 0 Å². The maximum absolute atomic E-state index is 5.98. The van der Waals surface area contributed by atoms with Crippen molar-refractivity contribution in [3.05, 3.63) is 34.6 Å². The van der Waals surface area contributed by atoms with Crippen molar-refractivity contribution in [2.45, 2.75) is 46.6 Å². The molecule has 0 saturated carbocycles. The van der Waals surface area contributed by atoms with Crippen molar-refractivity contribution in [1.29, 1.82) is 0 Å². The molecule has 0 aliphatic rings. The van der Waals surface area contributed by atoms with Crippen molar-refractivity contribution >= 4 is 11.0 Å². The van der Waals surface area contributed by atoms with E-state index in [9.17, 15) is 0 Å². The largest absolute Gasteiger partial charge is 0.459 e. The van der Waals surface area contributed by atoms with E-state index in [-0.39, 0.29) is 5.41 Å². The molecule has 1 aromatic heterocycles. The quantitative estimate of drug-likeness (QED) is 0.863. The summed E-state index contributed by atoms with van der Waals surface area (Å²) in [6, 6.07) is 4.52. The van der Waals surface area contributed by atoms with Gasteiger partial charge in [0, 0.05) is 5.39 Å². The predicted molar refractivity (Wildman–Crippen MR) is 77.2 cm³/mol. The summed E-state index contributed by atoms with van der Waals surface area (Å²) in [5, 5.41) is 4.41. The van der Waals surface area contributed by atoms with Crippen molar-refractivity contribution in [3.8, 4) is 0 Å². The Bertz CT molecular complexity index is 573. The number of hydrogen-bond donors (Lipinski definition) is 1. The van der Waals surface area contributed by atoms with Gasteiger partial charge >= 0.3 is 0 Å². The molecule has 0 spiro atoms. The average molecular weight is 245 g/mol. The number of benzene rings is 1. The second-order valence-corrected chi connectivity index (χ2v) is 6.10. The van der Waals surface area contributed by atoms with Crippen LogP contribution in [0, 0.1) is 13.8 Å². The highest BCUT2D eigenvalue weighted by Crippen LogP contribution is 2.33. The van der Waals surface area contributed by atoms with E-state index in [1.54, 1.807) is 0 Å². The van der Waals surface area contributed by atoms with Gasteiger partial charge in [-0.05, 0) is 49.1 Å². The van der Waals surface area contributed by atoms with E-state index in [2.05, 4.69) is 52.1 Å². The fourth-order valence-electron chi connectivity index (χ4n) is 2.30. The van der Waals surface area contributed by atoms with Crippen LogP contribution in [0.5, 0.6) is 0 Å². The van der Waals surface area contributed by atoms with Gasteiger partial charge in [0.1, 0.15) is 11.3 Å². The van der Waals surface area contributed by atoms with Crippen molar-refractivity contribution < 1.29 is 4.42 Å². The zero-order valence-electron chi connectivity index (χ0n) is 12.3. The van der Waals surface area contributed by atoms with E-state index in [1.165, 1.54) is 22.1 Å². The number of fused-ring (bicyclic) bond motifs is 1. The third-order valence-corrected chi connectivity index (χ3v) is 3.53. The lowest BCUT2D eigenvalue weighted by Gasteiger charge is -2.19. The lowest BCUT2D eigenvalue weighted by atomic mass is 9.85. The smallest absolute Gasteiger partial charge is 0.137 e. The van der Waals surface area contributed by atoms with Crippen LogP contribution in [0.1, 0.15) is 43.2 Å². The van der Waals surface area contributed by atoms with Gasteiger partial charge in [-0.3, -0.25) is 0 Å². The number of furan rings is 1. The minimum atomic E-state index is 0.172. The number of aryl methyl sites for hydroxylation is 2. The molecule has 0 amide bonds. The summed E-state index contributed by atoms with van der Waals surface area (Å²) in [6.07, 6.45) is 0. The Morgan fingerprint density at radius 3 is 2.39 bits per heavy atom. The molecule has 1 N–H and O–H groups in total. The first kappa shape index (κ1) is 13.2. The van der Waals surface area contributed by atoms with Gasteiger partial charge in [-0.2, -0.15) is 0 Å². The number of hydrogen-bond acceptors (Lipinski definition) is 2. The van der Waals surface area contributed by atoms with Gasteiger partial charge in [-0.25, -0.2) is 0 Å². The predicted octanol–water partition coefficient (Wildman–Crippen LogP) is 4.07. The summed E-state index contributed by atoms with van der Waals surface area (Å²) < 4.78 is 5.98. The summed E-state index contributed by atoms with van der Waals surface area (Å²) >= 11 is 0. The molecule has 2 heteroatoms. The summed E-state index contributed by atoms with van der Waals surface area (Å²) in [4.78, 5) is 0. The molecule has 0 radical (unpaired) electrons. The number of rotatable bonds is 2. The normalized spacial score (nSPS) is 12.3. The van der Waals surface area contributed by atoms with Crippen LogP contribution >= 0.6 is 0 Å².